The summed E-state index contributed by atoms with van der Waals surface area (Å²) in [5.74, 6) is -0.537. The third-order valence-corrected chi connectivity index (χ3v) is 6.68. The van der Waals surface area contributed by atoms with Crippen molar-refractivity contribution >= 4 is 33.1 Å². The highest BCUT2D eigenvalue weighted by molar-refractivity contribution is 7.90. The van der Waals surface area contributed by atoms with Crippen LogP contribution in [0.4, 0.5) is 0 Å². The zero-order chi connectivity index (χ0) is 22.8. The second kappa shape index (κ2) is 9.18. The number of carbonyl (C=O) groups is 2. The molecule has 1 amide bonds. The van der Waals surface area contributed by atoms with Crippen LogP contribution in [0.1, 0.15) is 40.9 Å². The Morgan fingerprint density at radius 1 is 1.20 bits per heavy atom. The molecule has 2 aromatic rings. The van der Waals surface area contributed by atoms with Crippen LogP contribution in [0.25, 0.3) is 0 Å². The number of aromatic nitrogens is 2. The van der Waals surface area contributed by atoms with Crippen molar-refractivity contribution in [2.45, 2.75) is 32.6 Å². The molecule has 10 heteroatoms. The molecular formula is C20H26ClN3O5S. The number of amides is 1. The van der Waals surface area contributed by atoms with Crippen LogP contribution in [0.5, 0.6) is 5.88 Å². The summed E-state index contributed by atoms with van der Waals surface area (Å²) in [5, 5.41) is 4.12. The van der Waals surface area contributed by atoms with Gasteiger partial charge in [0.1, 0.15) is 5.56 Å². The van der Waals surface area contributed by atoms with Crippen LogP contribution in [-0.4, -0.2) is 60.7 Å². The minimum atomic E-state index is -3.51. The molecule has 164 valence electrons. The van der Waals surface area contributed by atoms with Crippen molar-refractivity contribution in [1.29, 1.82) is 0 Å². The van der Waals surface area contributed by atoms with Crippen LogP contribution in [0.15, 0.2) is 17.2 Å². The van der Waals surface area contributed by atoms with E-state index in [2.05, 4.69) is 5.10 Å². The Balaban J connectivity index is 2.43. The first kappa shape index (κ1) is 23.9. The Morgan fingerprint density at radius 3 is 2.33 bits per heavy atom. The topological polar surface area (TPSA) is 98.6 Å². The van der Waals surface area contributed by atoms with E-state index in [0.29, 0.717) is 24.2 Å². The van der Waals surface area contributed by atoms with Crippen LogP contribution >= 0.6 is 11.6 Å². The van der Waals surface area contributed by atoms with Gasteiger partial charge in [-0.2, -0.15) is 5.10 Å². The predicted octanol–water partition coefficient (Wildman–Crippen LogP) is 2.57. The van der Waals surface area contributed by atoms with Crippen LogP contribution in [0, 0.1) is 13.8 Å². The highest BCUT2D eigenvalue weighted by Gasteiger charge is 2.26. The molecule has 1 aromatic heterocycles. The summed E-state index contributed by atoms with van der Waals surface area (Å²) in [6.07, 6.45) is 2.44. The number of halogens is 1. The molecule has 0 saturated carbocycles. The number of ether oxygens (including phenoxy) is 1. The molecule has 0 radical (unpaired) electrons. The minimum absolute atomic E-state index is 0.0556. The predicted molar refractivity (Wildman–Crippen MR) is 114 cm³/mol. The molecule has 0 spiro atoms. The number of ketones is 1. The molecular weight excluding hydrogens is 430 g/mol. The SMILES string of the molecule is CCN(CC)C(=O)COc1c(C(=O)c2cc(C)c(S(C)(=O)=O)c(C)c2Cl)cnn1C. The van der Waals surface area contributed by atoms with Crippen molar-refractivity contribution in [2.24, 2.45) is 7.05 Å². The van der Waals surface area contributed by atoms with Crippen molar-refractivity contribution in [3.8, 4) is 5.88 Å². The van der Waals surface area contributed by atoms with Gasteiger partial charge in [-0.15, -0.1) is 0 Å². The summed E-state index contributed by atoms with van der Waals surface area (Å²) in [5.41, 5.74) is 1.01. The van der Waals surface area contributed by atoms with Gasteiger partial charge in [0.2, 0.25) is 11.7 Å². The fourth-order valence-corrected chi connectivity index (χ4v) is 4.97. The second-order valence-electron chi connectivity index (χ2n) is 6.95. The summed E-state index contributed by atoms with van der Waals surface area (Å²) in [7, 11) is -1.91. The molecule has 30 heavy (non-hydrogen) atoms. The Labute approximate surface area is 181 Å². The van der Waals surface area contributed by atoms with Crippen molar-refractivity contribution in [2.75, 3.05) is 26.0 Å². The molecule has 0 bridgehead atoms. The highest BCUT2D eigenvalue weighted by atomic mass is 35.5. The molecule has 0 unspecified atom stereocenters. The normalized spacial score (nSPS) is 11.4. The van der Waals surface area contributed by atoms with Crippen molar-refractivity contribution < 1.29 is 22.7 Å². The summed E-state index contributed by atoms with van der Waals surface area (Å²) in [4.78, 5) is 27.2. The van der Waals surface area contributed by atoms with E-state index in [1.54, 1.807) is 25.8 Å². The average molecular weight is 456 g/mol. The van der Waals surface area contributed by atoms with Gasteiger partial charge in [0.25, 0.3) is 5.91 Å². The maximum atomic E-state index is 13.2. The van der Waals surface area contributed by atoms with E-state index in [4.69, 9.17) is 16.3 Å². The lowest BCUT2D eigenvalue weighted by molar-refractivity contribution is -0.133. The molecule has 0 aliphatic carbocycles. The number of nitrogens with zero attached hydrogens (tertiary/aromatic N) is 3. The Hall–Kier alpha value is -2.39. The third-order valence-electron chi connectivity index (χ3n) is 4.82. The fraction of sp³-hybridized carbons (Fsp3) is 0.450. The van der Waals surface area contributed by atoms with Crippen LogP contribution in [0.2, 0.25) is 5.02 Å². The van der Waals surface area contributed by atoms with Gasteiger partial charge in [-0.25, -0.2) is 13.1 Å². The third kappa shape index (κ3) is 4.67. The first-order valence-electron chi connectivity index (χ1n) is 9.40. The molecule has 1 heterocycles. The minimum Gasteiger partial charge on any atom is -0.467 e. The number of sulfone groups is 1. The Bertz CT molecular complexity index is 1090. The summed E-state index contributed by atoms with van der Waals surface area (Å²) in [6.45, 7) is 7.78. The smallest absolute Gasteiger partial charge is 0.260 e. The Kier molecular flexibility index (Phi) is 7.31. The zero-order valence-electron chi connectivity index (χ0n) is 17.9. The van der Waals surface area contributed by atoms with Crippen LogP contribution < -0.4 is 4.74 Å². The molecule has 0 aliphatic rings. The lowest BCUT2D eigenvalue weighted by Crippen LogP contribution is -2.34. The molecule has 0 fully saturated rings. The van der Waals surface area contributed by atoms with E-state index in [9.17, 15) is 18.0 Å². The number of likely N-dealkylation sites (N-methyl/N-ethyl adjacent to an activating group) is 1. The van der Waals surface area contributed by atoms with Gasteiger partial charge < -0.3 is 9.64 Å². The number of hydrogen-bond donors (Lipinski definition) is 0. The van der Waals surface area contributed by atoms with Crippen molar-refractivity contribution in [3.05, 3.63) is 39.5 Å². The van der Waals surface area contributed by atoms with Gasteiger partial charge in [0.15, 0.2) is 16.4 Å². The quantitative estimate of drug-likeness (QED) is 0.567. The fourth-order valence-electron chi connectivity index (χ4n) is 3.37. The van der Waals surface area contributed by atoms with Crippen LogP contribution in [-0.2, 0) is 21.7 Å². The van der Waals surface area contributed by atoms with Gasteiger partial charge in [-0.3, -0.25) is 9.59 Å². The maximum Gasteiger partial charge on any atom is 0.260 e. The molecule has 1 aromatic carbocycles. The van der Waals surface area contributed by atoms with Gasteiger partial charge >= 0.3 is 0 Å². The standard InChI is InChI=1S/C20H26ClN3O5S/c1-7-24(8-2)16(25)11-29-20-15(10-22-23(20)5)18(26)14-9-12(3)19(30(6,27)28)13(4)17(14)21/h9-10H,7-8,11H2,1-6H3. The van der Waals surface area contributed by atoms with E-state index >= 15 is 0 Å². The molecule has 2 rings (SSSR count). The number of rotatable bonds is 8. The van der Waals surface area contributed by atoms with E-state index < -0.39 is 15.6 Å². The van der Waals surface area contributed by atoms with Crippen molar-refractivity contribution in [3.63, 3.8) is 0 Å². The van der Waals surface area contributed by atoms with E-state index in [0.717, 1.165) is 6.26 Å². The Morgan fingerprint density at radius 2 is 1.80 bits per heavy atom. The van der Waals surface area contributed by atoms with Gasteiger partial charge in [0, 0.05) is 32.0 Å². The average Bonchev–Trinajstić information content (AvgIpc) is 3.02. The highest BCUT2D eigenvalue weighted by Crippen LogP contribution is 2.33. The van der Waals surface area contributed by atoms with Gasteiger partial charge in [0.05, 0.1) is 16.1 Å². The van der Waals surface area contributed by atoms with E-state index in [1.165, 1.54) is 16.9 Å². The molecule has 0 N–H and O–H groups in total. The first-order valence-corrected chi connectivity index (χ1v) is 11.7. The monoisotopic (exact) mass is 455 g/mol. The first-order chi connectivity index (χ1) is 13.9. The number of benzene rings is 1. The van der Waals surface area contributed by atoms with Gasteiger partial charge in [-0.1, -0.05) is 11.6 Å². The largest absolute Gasteiger partial charge is 0.467 e. The number of hydrogen-bond acceptors (Lipinski definition) is 6. The second-order valence-corrected chi connectivity index (χ2v) is 9.28. The van der Waals surface area contributed by atoms with Crippen LogP contribution in [0.3, 0.4) is 0 Å². The summed E-state index contributed by atoms with van der Waals surface area (Å²) >= 11 is 6.37. The lowest BCUT2D eigenvalue weighted by Gasteiger charge is -2.19. The molecule has 0 atom stereocenters. The lowest BCUT2D eigenvalue weighted by atomic mass is 10.0. The van der Waals surface area contributed by atoms with E-state index in [-0.39, 0.29) is 39.4 Å². The number of carbonyl (C=O) groups excluding carboxylic acids is 2. The number of aryl methyl sites for hydroxylation is 2. The maximum absolute atomic E-state index is 13.2. The van der Waals surface area contributed by atoms with E-state index in [1.807, 2.05) is 13.8 Å². The molecule has 0 aliphatic heterocycles. The summed E-state index contributed by atoms with van der Waals surface area (Å²) in [6, 6.07) is 1.45. The molecule has 8 nitrogen and oxygen atoms in total. The van der Waals surface area contributed by atoms with Crippen molar-refractivity contribution in [1.82, 2.24) is 14.7 Å². The summed E-state index contributed by atoms with van der Waals surface area (Å²) < 4.78 is 31.1. The molecule has 0 saturated heterocycles. The van der Waals surface area contributed by atoms with Gasteiger partial charge in [-0.05, 0) is 44.9 Å². The zero-order valence-corrected chi connectivity index (χ0v) is 19.5.